The number of benzene rings is 2. The third kappa shape index (κ3) is 3.85. The number of methoxy groups -OCH3 is 1. The minimum Gasteiger partial charge on any atom is -0.465 e. The zero-order valence-corrected chi connectivity index (χ0v) is 15.1. The Morgan fingerprint density at radius 3 is 2.46 bits per heavy atom. The van der Waals surface area contributed by atoms with Crippen LogP contribution < -0.4 is 4.72 Å². The van der Waals surface area contributed by atoms with Crippen LogP contribution in [0.3, 0.4) is 0 Å². The number of esters is 1. The van der Waals surface area contributed by atoms with Crippen molar-refractivity contribution in [1.82, 2.24) is 0 Å². The first-order valence-corrected chi connectivity index (χ1v) is 8.86. The molecule has 0 aliphatic heterocycles. The summed E-state index contributed by atoms with van der Waals surface area (Å²) in [5.41, 5.74) is -0.614. The van der Waals surface area contributed by atoms with Gasteiger partial charge < -0.3 is 4.74 Å². The molecule has 0 aliphatic carbocycles. The van der Waals surface area contributed by atoms with Crippen LogP contribution in [0.5, 0.6) is 0 Å². The standard InChI is InChI=1S/C14H9BrClF2NO4S/c1-23-14(20)8-5-13(11(18)6-9(8)15)24(21,22)19-12-3-2-7(16)4-10(12)17/h2-6,19H,1H3. The molecule has 0 saturated carbocycles. The van der Waals surface area contributed by atoms with Crippen molar-refractivity contribution in [2.45, 2.75) is 4.90 Å². The van der Waals surface area contributed by atoms with Crippen LogP contribution in [0.2, 0.25) is 5.02 Å². The number of hydrogen-bond donors (Lipinski definition) is 1. The zero-order chi connectivity index (χ0) is 18.1. The summed E-state index contributed by atoms with van der Waals surface area (Å²) in [5, 5.41) is 0.0678. The van der Waals surface area contributed by atoms with Crippen molar-refractivity contribution in [2.24, 2.45) is 0 Å². The highest BCUT2D eigenvalue weighted by atomic mass is 79.9. The molecule has 2 rings (SSSR count). The maximum atomic E-state index is 14.0. The van der Waals surface area contributed by atoms with Crippen LogP contribution >= 0.6 is 27.5 Å². The second-order valence-electron chi connectivity index (χ2n) is 4.48. The van der Waals surface area contributed by atoms with E-state index >= 15 is 0 Å². The minimum atomic E-state index is -4.50. The van der Waals surface area contributed by atoms with Gasteiger partial charge in [-0.15, -0.1) is 0 Å². The van der Waals surface area contributed by atoms with E-state index in [2.05, 4.69) is 20.7 Å². The largest absolute Gasteiger partial charge is 0.465 e. The average Bonchev–Trinajstić information content (AvgIpc) is 2.49. The second kappa shape index (κ2) is 7.04. The summed E-state index contributed by atoms with van der Waals surface area (Å²) in [5.74, 6) is -2.93. The van der Waals surface area contributed by atoms with E-state index in [1.165, 1.54) is 6.07 Å². The molecule has 0 aromatic heterocycles. The Bertz CT molecular complexity index is 921. The van der Waals surface area contributed by atoms with Gasteiger partial charge in [-0.05, 0) is 46.3 Å². The molecule has 0 aliphatic rings. The molecule has 0 bridgehead atoms. The second-order valence-corrected chi connectivity index (χ2v) is 7.43. The molecular formula is C14H9BrClF2NO4S. The summed E-state index contributed by atoms with van der Waals surface area (Å²) >= 11 is 8.53. The monoisotopic (exact) mass is 439 g/mol. The first kappa shape index (κ1) is 18.6. The predicted octanol–water partition coefficient (Wildman–Crippen LogP) is 3.97. The van der Waals surface area contributed by atoms with Crippen LogP contribution in [0.25, 0.3) is 0 Å². The molecule has 24 heavy (non-hydrogen) atoms. The Morgan fingerprint density at radius 1 is 1.21 bits per heavy atom. The molecule has 0 fully saturated rings. The van der Waals surface area contributed by atoms with Crippen LogP contribution in [-0.4, -0.2) is 21.5 Å². The van der Waals surface area contributed by atoms with Crippen LogP contribution in [0.15, 0.2) is 39.7 Å². The molecule has 1 N–H and O–H groups in total. The maximum absolute atomic E-state index is 14.0. The Kier molecular flexibility index (Phi) is 5.46. The van der Waals surface area contributed by atoms with E-state index in [0.717, 1.165) is 31.4 Å². The van der Waals surface area contributed by atoms with Crippen molar-refractivity contribution in [3.8, 4) is 0 Å². The van der Waals surface area contributed by atoms with Crippen molar-refractivity contribution in [3.63, 3.8) is 0 Å². The van der Waals surface area contributed by atoms with Crippen LogP contribution in [0.1, 0.15) is 10.4 Å². The third-order valence-electron chi connectivity index (χ3n) is 2.89. The van der Waals surface area contributed by atoms with Gasteiger partial charge in [0.05, 0.1) is 18.4 Å². The number of carbonyl (C=O) groups is 1. The van der Waals surface area contributed by atoms with Crippen LogP contribution in [0.4, 0.5) is 14.5 Å². The smallest absolute Gasteiger partial charge is 0.339 e. The van der Waals surface area contributed by atoms with Crippen molar-refractivity contribution in [1.29, 1.82) is 0 Å². The van der Waals surface area contributed by atoms with E-state index < -0.39 is 38.2 Å². The van der Waals surface area contributed by atoms with Gasteiger partial charge in [0, 0.05) is 9.50 Å². The number of nitrogens with one attached hydrogen (secondary N) is 1. The molecule has 5 nitrogen and oxygen atoms in total. The number of rotatable bonds is 4. The number of halogens is 4. The number of hydrogen-bond acceptors (Lipinski definition) is 4. The fraction of sp³-hybridized carbons (Fsp3) is 0.0714. The molecule has 2 aromatic carbocycles. The third-order valence-corrected chi connectivity index (χ3v) is 5.16. The molecule has 2 aromatic rings. The first-order chi connectivity index (χ1) is 11.2. The van der Waals surface area contributed by atoms with Crippen molar-refractivity contribution < 1.29 is 26.7 Å². The summed E-state index contributed by atoms with van der Waals surface area (Å²) in [6.45, 7) is 0. The fourth-order valence-corrected chi connectivity index (χ4v) is 3.56. The summed E-state index contributed by atoms with van der Waals surface area (Å²) in [6, 6.07) is 4.85. The Morgan fingerprint density at radius 2 is 1.88 bits per heavy atom. The topological polar surface area (TPSA) is 72.5 Å². The van der Waals surface area contributed by atoms with E-state index in [-0.39, 0.29) is 15.1 Å². The van der Waals surface area contributed by atoms with Gasteiger partial charge in [0.15, 0.2) is 0 Å². The molecule has 0 atom stereocenters. The van der Waals surface area contributed by atoms with Crippen LogP contribution in [-0.2, 0) is 14.8 Å². The van der Waals surface area contributed by atoms with E-state index in [1.54, 1.807) is 0 Å². The molecule has 0 heterocycles. The van der Waals surface area contributed by atoms with Gasteiger partial charge in [-0.1, -0.05) is 11.6 Å². The van der Waals surface area contributed by atoms with Gasteiger partial charge in [-0.2, -0.15) is 0 Å². The Balaban J connectivity index is 2.51. The van der Waals surface area contributed by atoms with Gasteiger partial charge >= 0.3 is 5.97 Å². The molecule has 0 spiro atoms. The molecule has 0 radical (unpaired) electrons. The molecule has 0 saturated heterocycles. The summed E-state index contributed by atoms with van der Waals surface area (Å²) < 4.78 is 58.8. The van der Waals surface area contributed by atoms with E-state index in [1.807, 2.05) is 4.72 Å². The summed E-state index contributed by atoms with van der Waals surface area (Å²) in [4.78, 5) is 10.8. The lowest BCUT2D eigenvalue weighted by Gasteiger charge is -2.12. The van der Waals surface area contributed by atoms with Crippen molar-refractivity contribution in [2.75, 3.05) is 11.8 Å². The molecule has 0 amide bonds. The van der Waals surface area contributed by atoms with Gasteiger partial charge in [0.1, 0.15) is 16.5 Å². The van der Waals surface area contributed by atoms with Gasteiger partial charge in [0.25, 0.3) is 10.0 Å². The molecule has 128 valence electrons. The van der Waals surface area contributed by atoms with Crippen molar-refractivity contribution >= 4 is 49.2 Å². The van der Waals surface area contributed by atoms with E-state index in [0.29, 0.717) is 0 Å². The van der Waals surface area contributed by atoms with E-state index in [4.69, 9.17) is 11.6 Å². The molecule has 10 heteroatoms. The van der Waals surface area contributed by atoms with Gasteiger partial charge in [0.2, 0.25) is 0 Å². The summed E-state index contributed by atoms with van der Waals surface area (Å²) in [6.07, 6.45) is 0. The minimum absolute atomic E-state index is 0.0171. The Labute approximate surface area is 149 Å². The van der Waals surface area contributed by atoms with Gasteiger partial charge in [-0.25, -0.2) is 22.0 Å². The SMILES string of the molecule is COC(=O)c1cc(S(=O)(=O)Nc2ccc(Cl)cc2F)c(F)cc1Br. The quantitative estimate of drug-likeness (QED) is 0.730. The Hall–Kier alpha value is -1.71. The lowest BCUT2D eigenvalue weighted by Crippen LogP contribution is -2.17. The highest BCUT2D eigenvalue weighted by molar-refractivity contribution is 9.10. The van der Waals surface area contributed by atoms with Crippen LogP contribution in [0, 0.1) is 11.6 Å². The maximum Gasteiger partial charge on any atom is 0.339 e. The average molecular weight is 441 g/mol. The lowest BCUT2D eigenvalue weighted by atomic mass is 10.2. The number of ether oxygens (including phenoxy) is 1. The van der Waals surface area contributed by atoms with Gasteiger partial charge in [-0.3, -0.25) is 4.72 Å². The summed E-state index contributed by atoms with van der Waals surface area (Å²) in [7, 11) is -3.41. The predicted molar refractivity (Wildman–Crippen MR) is 87.7 cm³/mol. The van der Waals surface area contributed by atoms with Crippen molar-refractivity contribution in [3.05, 3.63) is 57.0 Å². The highest BCUT2D eigenvalue weighted by Gasteiger charge is 2.24. The zero-order valence-electron chi connectivity index (χ0n) is 11.9. The normalized spacial score (nSPS) is 11.2. The number of sulfonamides is 1. The molecular weight excluding hydrogens is 432 g/mol. The number of carbonyl (C=O) groups excluding carboxylic acids is 1. The first-order valence-electron chi connectivity index (χ1n) is 6.21. The van der Waals surface area contributed by atoms with E-state index in [9.17, 15) is 22.0 Å². The number of anilines is 1. The highest BCUT2D eigenvalue weighted by Crippen LogP contribution is 2.28. The fourth-order valence-electron chi connectivity index (χ4n) is 1.77. The molecule has 0 unspecified atom stereocenters. The lowest BCUT2D eigenvalue weighted by molar-refractivity contribution is 0.0599.